The molecule has 3 heteroatoms. The lowest BCUT2D eigenvalue weighted by Gasteiger charge is -2.43. The Balaban J connectivity index is 1.92. The average Bonchev–Trinajstić information content (AvgIpc) is 2.77. The normalized spacial score (nSPS) is 12.5. The van der Waals surface area contributed by atoms with Crippen molar-refractivity contribution >= 4 is 41.3 Å². The van der Waals surface area contributed by atoms with Crippen molar-refractivity contribution in [3.8, 4) is 0 Å². The summed E-state index contributed by atoms with van der Waals surface area (Å²) in [7, 11) is -2.36. The third-order valence-corrected chi connectivity index (χ3v) is 11.7. The van der Waals surface area contributed by atoms with Crippen LogP contribution in [0, 0.1) is 0 Å². The molecule has 0 heterocycles. The molecule has 0 N–H and O–H groups in total. The van der Waals surface area contributed by atoms with Crippen LogP contribution in [0.2, 0.25) is 5.04 Å². The van der Waals surface area contributed by atoms with Crippen LogP contribution in [0.1, 0.15) is 72.1 Å². The van der Waals surface area contributed by atoms with E-state index in [0.717, 1.165) is 13.0 Å². The van der Waals surface area contributed by atoms with E-state index in [1.807, 2.05) is 0 Å². The van der Waals surface area contributed by atoms with E-state index in [2.05, 4.69) is 116 Å². The number of hydrogen-bond acceptors (Lipinski definition) is 1. The number of allylic oxidation sites excluding steroid dienone is 2. The molecule has 170 valence electrons. The van der Waals surface area contributed by atoms with Gasteiger partial charge in [0, 0.05) is 6.61 Å². The van der Waals surface area contributed by atoms with E-state index in [-0.39, 0.29) is 5.04 Å². The first-order valence-corrected chi connectivity index (χ1v) is 15.4. The maximum absolute atomic E-state index is 6.97. The Labute approximate surface area is 206 Å². The maximum Gasteiger partial charge on any atom is 0.261 e. The molecule has 0 radical (unpaired) electrons. The van der Waals surface area contributed by atoms with Gasteiger partial charge in [0.2, 0.25) is 0 Å². The highest BCUT2D eigenvalue weighted by Crippen LogP contribution is 2.36. The molecule has 0 aliphatic carbocycles. The molecule has 31 heavy (non-hydrogen) atoms. The molecule has 2 aromatic carbocycles. The first-order chi connectivity index (χ1) is 15.0. The van der Waals surface area contributed by atoms with Crippen LogP contribution in [0.5, 0.6) is 0 Å². The van der Waals surface area contributed by atoms with Gasteiger partial charge < -0.3 is 4.43 Å². The van der Waals surface area contributed by atoms with Gasteiger partial charge in [-0.25, -0.2) is 0 Å². The second-order valence-corrected chi connectivity index (χ2v) is 14.8. The Bertz CT molecular complexity index is 697. The van der Waals surface area contributed by atoms with Gasteiger partial charge in [0.1, 0.15) is 0 Å². The molecule has 2 aromatic rings. The summed E-state index contributed by atoms with van der Waals surface area (Å²) in [5, 5.41) is 2.82. The highest BCUT2D eigenvalue weighted by Gasteiger charge is 2.49. The molecular weight excluding hydrogens is 507 g/mol. The zero-order chi connectivity index (χ0) is 22.4. The van der Waals surface area contributed by atoms with Crippen molar-refractivity contribution in [2.75, 3.05) is 11.0 Å². The largest absolute Gasteiger partial charge is 0.407 e. The fourth-order valence-electron chi connectivity index (χ4n) is 4.30. The van der Waals surface area contributed by atoms with E-state index in [1.54, 1.807) is 0 Å². The third kappa shape index (κ3) is 8.18. The third-order valence-electron chi connectivity index (χ3n) is 5.92. The molecule has 0 atom stereocenters. The summed E-state index contributed by atoms with van der Waals surface area (Å²) >= 11 is 2.46. The van der Waals surface area contributed by atoms with Crippen molar-refractivity contribution in [2.24, 2.45) is 0 Å². The molecule has 0 saturated heterocycles. The van der Waals surface area contributed by atoms with E-state index in [9.17, 15) is 0 Å². The van der Waals surface area contributed by atoms with Crippen molar-refractivity contribution < 1.29 is 4.43 Å². The Morgan fingerprint density at radius 3 is 1.68 bits per heavy atom. The standard InChI is InChI=1S/C28H41IOSi/c1-28(2,3)31(26-20-14-12-15-21-26,27-22-16-13-17-23-27)30-25-19-11-9-7-5-4-6-8-10-18-24-29/h4,6,12-17,20-23H,5,7-11,18-19,24-25H2,1-3H3/b6-4-. The summed E-state index contributed by atoms with van der Waals surface area (Å²) in [4.78, 5) is 0. The highest BCUT2D eigenvalue weighted by molar-refractivity contribution is 14.1. The molecule has 0 amide bonds. The quantitative estimate of drug-likeness (QED) is 0.0774. The highest BCUT2D eigenvalue weighted by atomic mass is 127. The summed E-state index contributed by atoms with van der Waals surface area (Å²) in [6.45, 7) is 7.91. The fourth-order valence-corrected chi connectivity index (χ4v) is 9.44. The van der Waals surface area contributed by atoms with Crippen LogP contribution < -0.4 is 10.4 Å². The zero-order valence-corrected chi connectivity index (χ0v) is 22.9. The minimum Gasteiger partial charge on any atom is -0.407 e. The van der Waals surface area contributed by atoms with Crippen molar-refractivity contribution in [1.82, 2.24) is 0 Å². The Hall–Kier alpha value is -0.913. The topological polar surface area (TPSA) is 9.23 Å². The smallest absolute Gasteiger partial charge is 0.261 e. The molecule has 0 saturated carbocycles. The van der Waals surface area contributed by atoms with Gasteiger partial charge in [-0.2, -0.15) is 0 Å². The number of alkyl halides is 1. The van der Waals surface area contributed by atoms with Gasteiger partial charge in [-0.3, -0.25) is 0 Å². The predicted molar refractivity (Wildman–Crippen MR) is 149 cm³/mol. The minimum atomic E-state index is -2.36. The van der Waals surface area contributed by atoms with Crippen molar-refractivity contribution in [2.45, 2.75) is 77.2 Å². The van der Waals surface area contributed by atoms with Crippen LogP contribution in [0.4, 0.5) is 0 Å². The van der Waals surface area contributed by atoms with Gasteiger partial charge in [-0.05, 0) is 58.4 Å². The van der Waals surface area contributed by atoms with Crippen LogP contribution in [0.3, 0.4) is 0 Å². The molecule has 0 bridgehead atoms. The molecule has 1 nitrogen and oxygen atoms in total. The Morgan fingerprint density at radius 2 is 1.19 bits per heavy atom. The average molecular weight is 549 g/mol. The summed E-state index contributed by atoms with van der Waals surface area (Å²) in [5.41, 5.74) is 0. The van der Waals surface area contributed by atoms with Crippen LogP contribution >= 0.6 is 22.6 Å². The Morgan fingerprint density at radius 1 is 0.710 bits per heavy atom. The minimum absolute atomic E-state index is 0.0673. The number of benzene rings is 2. The first kappa shape index (κ1) is 26.3. The zero-order valence-electron chi connectivity index (χ0n) is 19.8. The second kappa shape index (κ2) is 14.3. The molecule has 0 unspecified atom stereocenters. The number of unbranched alkanes of at least 4 members (excludes halogenated alkanes) is 6. The van der Waals surface area contributed by atoms with E-state index < -0.39 is 8.32 Å². The molecule has 0 aliphatic rings. The van der Waals surface area contributed by atoms with Gasteiger partial charge >= 0.3 is 0 Å². The van der Waals surface area contributed by atoms with Gasteiger partial charge in [-0.15, -0.1) is 0 Å². The molecule has 0 spiro atoms. The van der Waals surface area contributed by atoms with Gasteiger partial charge in [-0.1, -0.05) is 129 Å². The van der Waals surface area contributed by atoms with Crippen molar-refractivity contribution in [3.05, 3.63) is 72.8 Å². The summed E-state index contributed by atoms with van der Waals surface area (Å²) < 4.78 is 8.25. The molecule has 0 aromatic heterocycles. The SMILES string of the molecule is CC(C)(C)[Si](OCCCCCC/C=C\CCCCI)(c1ccccc1)c1ccccc1. The second-order valence-electron chi connectivity index (χ2n) is 9.37. The van der Waals surface area contributed by atoms with E-state index in [1.165, 1.54) is 59.7 Å². The molecule has 0 aliphatic heterocycles. The lowest BCUT2D eigenvalue weighted by molar-refractivity contribution is 0.286. The van der Waals surface area contributed by atoms with Crippen molar-refractivity contribution in [3.63, 3.8) is 0 Å². The van der Waals surface area contributed by atoms with Crippen LogP contribution in [-0.4, -0.2) is 19.4 Å². The first-order valence-electron chi connectivity index (χ1n) is 12.0. The number of hydrogen-bond donors (Lipinski definition) is 0. The van der Waals surface area contributed by atoms with E-state index in [4.69, 9.17) is 4.43 Å². The summed E-state index contributed by atoms with van der Waals surface area (Å²) in [6, 6.07) is 21.9. The van der Waals surface area contributed by atoms with Crippen LogP contribution in [-0.2, 0) is 4.43 Å². The lowest BCUT2D eigenvalue weighted by atomic mass is 10.1. The molecule has 2 rings (SSSR count). The van der Waals surface area contributed by atoms with Gasteiger partial charge in [0.25, 0.3) is 8.32 Å². The van der Waals surface area contributed by atoms with Crippen LogP contribution in [0.15, 0.2) is 72.8 Å². The molecular formula is C28H41IOSi. The molecule has 0 fully saturated rings. The monoisotopic (exact) mass is 548 g/mol. The maximum atomic E-state index is 6.97. The van der Waals surface area contributed by atoms with E-state index in [0.29, 0.717) is 0 Å². The van der Waals surface area contributed by atoms with Gasteiger partial charge in [0.05, 0.1) is 0 Å². The van der Waals surface area contributed by atoms with Crippen molar-refractivity contribution in [1.29, 1.82) is 0 Å². The van der Waals surface area contributed by atoms with Crippen LogP contribution in [0.25, 0.3) is 0 Å². The Kier molecular flexibility index (Phi) is 12.1. The fraction of sp³-hybridized carbons (Fsp3) is 0.500. The lowest BCUT2D eigenvalue weighted by Crippen LogP contribution is -2.66. The number of halogens is 1. The van der Waals surface area contributed by atoms with Gasteiger partial charge in [0.15, 0.2) is 0 Å². The summed E-state index contributed by atoms with van der Waals surface area (Å²) in [6.07, 6.45) is 14.9. The summed E-state index contributed by atoms with van der Waals surface area (Å²) in [5.74, 6) is 0. The number of rotatable bonds is 14. The van der Waals surface area contributed by atoms with E-state index >= 15 is 0 Å². The predicted octanol–water partition coefficient (Wildman–Crippen LogP) is 7.68.